The molecule has 0 bridgehead atoms. The minimum atomic E-state index is -1.03. The molecule has 0 fully saturated rings. The number of halogens is 1. The predicted octanol–water partition coefficient (Wildman–Crippen LogP) is 3.00. The quantitative estimate of drug-likeness (QED) is 0.921. The van der Waals surface area contributed by atoms with Crippen LogP contribution in [0.2, 0.25) is 0 Å². The van der Waals surface area contributed by atoms with Crippen molar-refractivity contribution < 1.29 is 14.3 Å². The Morgan fingerprint density at radius 3 is 2.63 bits per heavy atom. The van der Waals surface area contributed by atoms with E-state index in [0.717, 1.165) is 0 Å². The number of rotatable bonds is 3. The Hall–Kier alpha value is -2.43. The number of benzene rings is 1. The lowest BCUT2D eigenvalue weighted by molar-refractivity contribution is 0.0696. The van der Waals surface area contributed by atoms with Crippen LogP contribution in [0.4, 0.5) is 15.9 Å². The summed E-state index contributed by atoms with van der Waals surface area (Å²) in [4.78, 5) is 16.8. The van der Waals surface area contributed by atoms with Gasteiger partial charge in [0.25, 0.3) is 0 Å². The fourth-order valence-corrected chi connectivity index (χ4v) is 1.79. The van der Waals surface area contributed by atoms with Gasteiger partial charge in [-0.05, 0) is 31.2 Å². The van der Waals surface area contributed by atoms with Gasteiger partial charge < -0.3 is 10.0 Å². The highest BCUT2D eigenvalue weighted by Gasteiger charge is 2.13. The van der Waals surface area contributed by atoms with Crippen molar-refractivity contribution >= 4 is 17.5 Å². The summed E-state index contributed by atoms with van der Waals surface area (Å²) >= 11 is 0. The Bertz CT molecular complexity index is 629. The van der Waals surface area contributed by atoms with Gasteiger partial charge in [0, 0.05) is 12.7 Å². The van der Waals surface area contributed by atoms with Crippen molar-refractivity contribution in [3.8, 4) is 0 Å². The van der Waals surface area contributed by atoms with Crippen LogP contribution in [0.5, 0.6) is 0 Å². The van der Waals surface area contributed by atoms with Crippen LogP contribution < -0.4 is 4.90 Å². The van der Waals surface area contributed by atoms with Gasteiger partial charge in [0.15, 0.2) is 0 Å². The standard InChI is InChI=1S/C14H13FN2O2/c1-9-7-10(14(18)19)8-13(16-9)17(2)12-6-4-3-5-11(12)15/h3-8H,1-2H3,(H,18,19). The number of hydrogen-bond donors (Lipinski definition) is 1. The highest BCUT2D eigenvalue weighted by Crippen LogP contribution is 2.25. The molecule has 1 aromatic carbocycles. The molecule has 1 N–H and O–H groups in total. The SMILES string of the molecule is Cc1cc(C(=O)O)cc(N(C)c2ccccc2F)n1. The monoisotopic (exact) mass is 260 g/mol. The number of nitrogens with zero attached hydrogens (tertiary/aromatic N) is 2. The van der Waals surface area contributed by atoms with Gasteiger partial charge in [0.05, 0.1) is 11.3 Å². The second-order valence-corrected chi connectivity index (χ2v) is 4.17. The molecule has 0 spiro atoms. The molecule has 0 aliphatic heterocycles. The molecule has 1 aromatic heterocycles. The Morgan fingerprint density at radius 1 is 1.32 bits per heavy atom. The summed E-state index contributed by atoms with van der Waals surface area (Å²) in [5.74, 6) is -1.03. The van der Waals surface area contributed by atoms with Crippen molar-refractivity contribution in [1.82, 2.24) is 4.98 Å². The molecule has 0 radical (unpaired) electrons. The molecule has 0 unspecified atom stereocenters. The summed E-state index contributed by atoms with van der Waals surface area (Å²) in [5.41, 5.74) is 1.04. The van der Waals surface area contributed by atoms with Gasteiger partial charge >= 0.3 is 5.97 Å². The van der Waals surface area contributed by atoms with E-state index < -0.39 is 5.97 Å². The van der Waals surface area contributed by atoms with Crippen molar-refractivity contribution in [1.29, 1.82) is 0 Å². The normalized spacial score (nSPS) is 10.3. The first-order chi connectivity index (χ1) is 8.99. The third kappa shape index (κ3) is 2.70. The minimum absolute atomic E-state index is 0.130. The van der Waals surface area contributed by atoms with Crippen LogP contribution in [0.1, 0.15) is 16.1 Å². The molecule has 98 valence electrons. The van der Waals surface area contributed by atoms with Crippen LogP contribution in [0, 0.1) is 12.7 Å². The van der Waals surface area contributed by atoms with Gasteiger partial charge in [-0.3, -0.25) is 0 Å². The van der Waals surface area contributed by atoms with E-state index in [1.165, 1.54) is 23.1 Å². The van der Waals surface area contributed by atoms with Crippen molar-refractivity contribution in [2.75, 3.05) is 11.9 Å². The fraction of sp³-hybridized carbons (Fsp3) is 0.143. The first-order valence-corrected chi connectivity index (χ1v) is 5.69. The zero-order chi connectivity index (χ0) is 14.0. The molecule has 4 nitrogen and oxygen atoms in total. The molecular formula is C14H13FN2O2. The van der Waals surface area contributed by atoms with E-state index in [1.807, 2.05) is 0 Å². The van der Waals surface area contributed by atoms with Gasteiger partial charge in [0.1, 0.15) is 11.6 Å². The number of aromatic nitrogens is 1. The molecule has 2 aromatic rings. The number of para-hydroxylation sites is 1. The Morgan fingerprint density at radius 2 is 2.00 bits per heavy atom. The first kappa shape index (κ1) is 13.0. The maximum atomic E-state index is 13.7. The summed E-state index contributed by atoms with van der Waals surface area (Å²) in [6.07, 6.45) is 0. The van der Waals surface area contributed by atoms with Gasteiger partial charge in [-0.25, -0.2) is 14.2 Å². The fourth-order valence-electron chi connectivity index (χ4n) is 1.79. The molecule has 0 atom stereocenters. The lowest BCUT2D eigenvalue weighted by atomic mass is 10.2. The van der Waals surface area contributed by atoms with Crippen LogP contribution in [0.15, 0.2) is 36.4 Å². The van der Waals surface area contributed by atoms with Gasteiger partial charge in [-0.15, -0.1) is 0 Å². The van der Waals surface area contributed by atoms with Crippen LogP contribution in [-0.2, 0) is 0 Å². The molecule has 1 heterocycles. The number of carboxylic acid groups (broad SMARTS) is 1. The average Bonchev–Trinajstić information content (AvgIpc) is 2.37. The summed E-state index contributed by atoms with van der Waals surface area (Å²) < 4.78 is 13.7. The van der Waals surface area contributed by atoms with Crippen molar-refractivity contribution in [3.63, 3.8) is 0 Å². The molecule has 0 aliphatic rings. The Kier molecular flexibility index (Phi) is 3.46. The van der Waals surface area contributed by atoms with Crippen LogP contribution in [0.3, 0.4) is 0 Å². The summed E-state index contributed by atoms with van der Waals surface area (Å²) in [7, 11) is 1.64. The average molecular weight is 260 g/mol. The minimum Gasteiger partial charge on any atom is -0.478 e. The lowest BCUT2D eigenvalue weighted by Gasteiger charge is -2.19. The summed E-state index contributed by atoms with van der Waals surface area (Å²) in [6, 6.07) is 9.16. The zero-order valence-corrected chi connectivity index (χ0v) is 10.6. The third-order valence-corrected chi connectivity index (χ3v) is 2.74. The zero-order valence-electron chi connectivity index (χ0n) is 10.6. The summed E-state index contributed by atoms with van der Waals surface area (Å²) in [6.45, 7) is 1.70. The number of pyridine rings is 1. The highest BCUT2D eigenvalue weighted by molar-refractivity contribution is 5.89. The number of aromatic carboxylic acids is 1. The van der Waals surface area contributed by atoms with E-state index in [2.05, 4.69) is 4.98 Å². The molecular weight excluding hydrogens is 247 g/mol. The van der Waals surface area contributed by atoms with Crippen LogP contribution in [0.25, 0.3) is 0 Å². The summed E-state index contributed by atoms with van der Waals surface area (Å²) in [5, 5.41) is 9.02. The highest BCUT2D eigenvalue weighted by atomic mass is 19.1. The van der Waals surface area contributed by atoms with Gasteiger partial charge in [-0.2, -0.15) is 0 Å². The van der Waals surface area contributed by atoms with E-state index in [4.69, 9.17) is 5.11 Å². The maximum Gasteiger partial charge on any atom is 0.335 e. The van der Waals surface area contributed by atoms with Gasteiger partial charge in [0.2, 0.25) is 0 Å². The first-order valence-electron chi connectivity index (χ1n) is 5.69. The van der Waals surface area contributed by atoms with Crippen LogP contribution >= 0.6 is 0 Å². The van der Waals surface area contributed by atoms with Crippen molar-refractivity contribution in [3.05, 3.63) is 53.5 Å². The molecule has 0 aliphatic carbocycles. The van der Waals surface area contributed by atoms with E-state index in [0.29, 0.717) is 17.2 Å². The van der Waals surface area contributed by atoms with E-state index >= 15 is 0 Å². The second-order valence-electron chi connectivity index (χ2n) is 4.17. The van der Waals surface area contributed by atoms with Crippen LogP contribution in [-0.4, -0.2) is 23.1 Å². The van der Waals surface area contributed by atoms with Crippen molar-refractivity contribution in [2.45, 2.75) is 6.92 Å². The number of hydrogen-bond acceptors (Lipinski definition) is 3. The number of carbonyl (C=O) groups is 1. The second kappa shape index (κ2) is 5.06. The molecule has 0 saturated carbocycles. The predicted molar refractivity (Wildman–Crippen MR) is 70.4 cm³/mol. The lowest BCUT2D eigenvalue weighted by Crippen LogP contribution is -2.14. The van der Waals surface area contributed by atoms with Crippen molar-refractivity contribution in [2.24, 2.45) is 0 Å². The molecule has 0 saturated heterocycles. The molecule has 5 heteroatoms. The Balaban J connectivity index is 2.47. The topological polar surface area (TPSA) is 53.4 Å². The largest absolute Gasteiger partial charge is 0.478 e. The molecule has 19 heavy (non-hydrogen) atoms. The van der Waals surface area contributed by atoms with E-state index in [1.54, 1.807) is 32.2 Å². The number of anilines is 2. The van der Waals surface area contributed by atoms with E-state index in [9.17, 15) is 9.18 Å². The smallest absolute Gasteiger partial charge is 0.335 e. The Labute approximate surface area is 110 Å². The maximum absolute atomic E-state index is 13.7. The third-order valence-electron chi connectivity index (χ3n) is 2.74. The molecule has 2 rings (SSSR count). The number of carboxylic acids is 1. The van der Waals surface area contributed by atoms with Gasteiger partial charge in [-0.1, -0.05) is 12.1 Å². The molecule has 0 amide bonds. The van der Waals surface area contributed by atoms with E-state index in [-0.39, 0.29) is 11.4 Å². The number of aryl methyl sites for hydroxylation is 1.